The first-order chi connectivity index (χ1) is 11.5. The van der Waals surface area contributed by atoms with Crippen LogP contribution in [0.4, 0.5) is 5.13 Å². The van der Waals surface area contributed by atoms with Crippen molar-refractivity contribution in [1.29, 1.82) is 0 Å². The molecular formula is C14H13N3O3S4. The third-order valence-electron chi connectivity index (χ3n) is 3.05. The fourth-order valence-corrected chi connectivity index (χ4v) is 5.69. The fourth-order valence-electron chi connectivity index (χ4n) is 1.88. The van der Waals surface area contributed by atoms with Gasteiger partial charge in [0.25, 0.3) is 10.0 Å². The molecule has 0 saturated carbocycles. The average Bonchev–Trinajstić information content (AvgIpc) is 3.28. The van der Waals surface area contributed by atoms with E-state index in [9.17, 15) is 13.2 Å². The number of aromatic nitrogens is 1. The summed E-state index contributed by atoms with van der Waals surface area (Å²) in [5.41, 5.74) is 0.796. The third-order valence-corrected chi connectivity index (χ3v) is 7.88. The van der Waals surface area contributed by atoms with E-state index in [0.717, 1.165) is 26.2 Å². The van der Waals surface area contributed by atoms with Crippen molar-refractivity contribution in [2.75, 3.05) is 18.9 Å². The fraction of sp³-hybridized carbons (Fsp3) is 0.143. The zero-order chi connectivity index (χ0) is 17.2. The van der Waals surface area contributed by atoms with Crippen LogP contribution in [0.2, 0.25) is 0 Å². The third kappa shape index (κ3) is 3.73. The summed E-state index contributed by atoms with van der Waals surface area (Å²) in [6, 6.07) is 7.06. The molecule has 126 valence electrons. The summed E-state index contributed by atoms with van der Waals surface area (Å²) in [7, 11) is -2.26. The second kappa shape index (κ2) is 7.11. The first kappa shape index (κ1) is 17.2. The number of hydrogen-bond donors (Lipinski definition) is 1. The maximum absolute atomic E-state index is 12.3. The minimum absolute atomic E-state index is 0.215. The Hall–Kier alpha value is -1.59. The van der Waals surface area contributed by atoms with Crippen molar-refractivity contribution in [3.05, 3.63) is 40.4 Å². The van der Waals surface area contributed by atoms with Gasteiger partial charge in [-0.1, -0.05) is 12.1 Å². The molecule has 3 aromatic rings. The molecule has 3 aromatic heterocycles. The topological polar surface area (TPSA) is 79.4 Å². The lowest BCUT2D eigenvalue weighted by Gasteiger charge is -2.14. The van der Waals surface area contributed by atoms with Gasteiger partial charge >= 0.3 is 0 Å². The van der Waals surface area contributed by atoms with Gasteiger partial charge in [-0.3, -0.25) is 4.79 Å². The number of amides is 1. The molecule has 0 bridgehead atoms. The number of carbonyl (C=O) groups excluding carboxylic acids is 1. The van der Waals surface area contributed by atoms with Gasteiger partial charge in [0.1, 0.15) is 4.21 Å². The van der Waals surface area contributed by atoms with Gasteiger partial charge < -0.3 is 5.32 Å². The van der Waals surface area contributed by atoms with E-state index >= 15 is 0 Å². The Morgan fingerprint density at radius 3 is 2.62 bits per heavy atom. The van der Waals surface area contributed by atoms with E-state index in [-0.39, 0.29) is 10.8 Å². The molecule has 1 N–H and O–H groups in total. The molecule has 6 nitrogen and oxygen atoms in total. The van der Waals surface area contributed by atoms with E-state index in [1.165, 1.54) is 24.5 Å². The maximum atomic E-state index is 12.3. The van der Waals surface area contributed by atoms with Gasteiger partial charge in [0.15, 0.2) is 5.13 Å². The van der Waals surface area contributed by atoms with Crippen LogP contribution in [-0.4, -0.2) is 37.2 Å². The lowest BCUT2D eigenvalue weighted by atomic mass is 10.4. The Bertz CT molecular complexity index is 915. The van der Waals surface area contributed by atoms with Crippen molar-refractivity contribution in [3.63, 3.8) is 0 Å². The molecule has 0 aromatic carbocycles. The minimum Gasteiger partial charge on any atom is -0.301 e. The van der Waals surface area contributed by atoms with Crippen LogP contribution in [0.15, 0.2) is 44.6 Å². The lowest BCUT2D eigenvalue weighted by molar-refractivity contribution is -0.116. The van der Waals surface area contributed by atoms with Crippen LogP contribution in [0.1, 0.15) is 0 Å². The number of hydrogen-bond acceptors (Lipinski definition) is 7. The summed E-state index contributed by atoms with van der Waals surface area (Å²) in [6.45, 7) is -0.270. The van der Waals surface area contributed by atoms with Crippen molar-refractivity contribution in [3.8, 4) is 10.6 Å². The highest BCUT2D eigenvalue weighted by Gasteiger charge is 2.24. The maximum Gasteiger partial charge on any atom is 0.252 e. The SMILES string of the molecule is CN(CC(=O)Nc1nc(-c2cccs2)cs1)S(=O)(=O)c1cccs1. The Balaban J connectivity index is 1.64. The lowest BCUT2D eigenvalue weighted by Crippen LogP contribution is -2.34. The van der Waals surface area contributed by atoms with Crippen molar-refractivity contribution < 1.29 is 13.2 Å². The highest BCUT2D eigenvalue weighted by atomic mass is 32.2. The van der Waals surface area contributed by atoms with Crippen LogP contribution in [0, 0.1) is 0 Å². The van der Waals surface area contributed by atoms with E-state index in [4.69, 9.17) is 0 Å². The van der Waals surface area contributed by atoms with E-state index in [0.29, 0.717) is 5.13 Å². The van der Waals surface area contributed by atoms with E-state index < -0.39 is 15.9 Å². The van der Waals surface area contributed by atoms with Gasteiger partial charge in [0, 0.05) is 12.4 Å². The molecule has 0 aliphatic carbocycles. The summed E-state index contributed by atoms with van der Waals surface area (Å²) in [6.07, 6.45) is 0. The van der Waals surface area contributed by atoms with E-state index in [1.807, 2.05) is 22.9 Å². The normalized spacial score (nSPS) is 11.8. The van der Waals surface area contributed by atoms with Crippen molar-refractivity contribution in [2.24, 2.45) is 0 Å². The molecule has 10 heteroatoms. The van der Waals surface area contributed by atoms with Gasteiger partial charge in [-0.05, 0) is 22.9 Å². The molecule has 3 heterocycles. The molecule has 1 amide bonds. The number of nitrogens with zero attached hydrogens (tertiary/aromatic N) is 2. The molecule has 24 heavy (non-hydrogen) atoms. The smallest absolute Gasteiger partial charge is 0.252 e. The molecule has 3 rings (SSSR count). The highest BCUT2D eigenvalue weighted by Crippen LogP contribution is 2.28. The molecule has 0 fully saturated rings. The van der Waals surface area contributed by atoms with Gasteiger partial charge in [-0.15, -0.1) is 34.0 Å². The van der Waals surface area contributed by atoms with Crippen LogP contribution >= 0.6 is 34.0 Å². The Morgan fingerprint density at radius 2 is 1.96 bits per heavy atom. The Labute approximate surface area is 151 Å². The first-order valence-electron chi connectivity index (χ1n) is 6.76. The second-order valence-corrected chi connectivity index (χ2v) is 9.78. The minimum atomic E-state index is -3.64. The number of anilines is 1. The molecule has 0 saturated heterocycles. The summed E-state index contributed by atoms with van der Waals surface area (Å²) in [5.74, 6) is -0.426. The zero-order valence-corrected chi connectivity index (χ0v) is 15.8. The molecule has 0 radical (unpaired) electrons. The van der Waals surface area contributed by atoms with Crippen molar-refractivity contribution >= 4 is 55.1 Å². The number of nitrogens with one attached hydrogen (secondary N) is 1. The van der Waals surface area contributed by atoms with Crippen LogP contribution in [0.5, 0.6) is 0 Å². The van der Waals surface area contributed by atoms with Crippen molar-refractivity contribution in [1.82, 2.24) is 9.29 Å². The summed E-state index contributed by atoms with van der Waals surface area (Å²) in [4.78, 5) is 17.5. The zero-order valence-electron chi connectivity index (χ0n) is 12.5. The number of thiophene rings is 2. The monoisotopic (exact) mass is 399 g/mol. The first-order valence-corrected chi connectivity index (χ1v) is 10.8. The predicted octanol–water partition coefficient (Wildman–Crippen LogP) is 3.19. The number of likely N-dealkylation sites (N-methyl/N-ethyl adjacent to an activating group) is 1. The Kier molecular flexibility index (Phi) is 5.11. The largest absolute Gasteiger partial charge is 0.301 e. The van der Waals surface area contributed by atoms with Gasteiger partial charge in [-0.25, -0.2) is 13.4 Å². The number of carbonyl (C=O) groups is 1. The van der Waals surface area contributed by atoms with Crippen molar-refractivity contribution in [2.45, 2.75) is 4.21 Å². The van der Waals surface area contributed by atoms with E-state index in [2.05, 4.69) is 10.3 Å². The molecular weight excluding hydrogens is 386 g/mol. The standard InChI is InChI=1S/C14H13N3O3S4/c1-17(24(19,20)13-5-3-7-22-13)8-12(18)16-14-15-10(9-23-14)11-4-2-6-21-11/h2-7,9H,8H2,1H3,(H,15,16,18). The quantitative estimate of drug-likeness (QED) is 0.690. The molecule has 0 aliphatic rings. The van der Waals surface area contributed by atoms with Crippen LogP contribution in [0.25, 0.3) is 10.6 Å². The Morgan fingerprint density at radius 1 is 1.21 bits per heavy atom. The van der Waals surface area contributed by atoms with Crippen LogP contribution in [-0.2, 0) is 14.8 Å². The molecule has 0 atom stereocenters. The molecule has 0 unspecified atom stereocenters. The van der Waals surface area contributed by atoms with E-state index in [1.54, 1.807) is 22.8 Å². The van der Waals surface area contributed by atoms with Crippen LogP contribution in [0.3, 0.4) is 0 Å². The summed E-state index contributed by atoms with van der Waals surface area (Å²) in [5, 5.41) is 8.59. The second-order valence-electron chi connectivity index (χ2n) is 4.76. The molecule has 0 aliphatic heterocycles. The highest BCUT2D eigenvalue weighted by molar-refractivity contribution is 7.91. The summed E-state index contributed by atoms with van der Waals surface area (Å²) >= 11 is 3.99. The number of rotatable bonds is 6. The van der Waals surface area contributed by atoms with Crippen LogP contribution < -0.4 is 5.32 Å². The number of thiazole rings is 1. The van der Waals surface area contributed by atoms with Gasteiger partial charge in [0.05, 0.1) is 17.1 Å². The molecule has 0 spiro atoms. The van der Waals surface area contributed by atoms with Gasteiger partial charge in [0.2, 0.25) is 5.91 Å². The summed E-state index contributed by atoms with van der Waals surface area (Å²) < 4.78 is 25.8. The number of sulfonamides is 1. The average molecular weight is 400 g/mol. The predicted molar refractivity (Wildman–Crippen MR) is 98.2 cm³/mol. The van der Waals surface area contributed by atoms with Gasteiger partial charge in [-0.2, -0.15) is 4.31 Å².